The molecule has 0 aliphatic carbocycles. The van der Waals surface area contributed by atoms with Crippen LogP contribution in [0.3, 0.4) is 0 Å². The number of carboxylic acid groups (broad SMARTS) is 1. The monoisotopic (exact) mass is 476 g/mol. The SMILES string of the molecule is CCCC(Oc1ccc(-c2ccc(OC)cc2OC)cc1)c1ccc(C(=O)CCCC(=O)O)cc1. The van der Waals surface area contributed by atoms with Crippen molar-refractivity contribution in [2.24, 2.45) is 0 Å². The Morgan fingerprint density at radius 1 is 0.857 bits per heavy atom. The van der Waals surface area contributed by atoms with Crippen LogP contribution in [0.1, 0.15) is 61.1 Å². The van der Waals surface area contributed by atoms with E-state index in [4.69, 9.17) is 19.3 Å². The zero-order valence-corrected chi connectivity index (χ0v) is 20.5. The van der Waals surface area contributed by atoms with Crippen molar-refractivity contribution in [1.29, 1.82) is 0 Å². The molecule has 0 amide bonds. The van der Waals surface area contributed by atoms with Crippen LogP contribution in [0.15, 0.2) is 66.7 Å². The van der Waals surface area contributed by atoms with Crippen molar-refractivity contribution in [2.75, 3.05) is 14.2 Å². The lowest BCUT2D eigenvalue weighted by Gasteiger charge is -2.20. The number of carboxylic acids is 1. The average molecular weight is 477 g/mol. The van der Waals surface area contributed by atoms with Crippen LogP contribution in [0, 0.1) is 0 Å². The molecule has 0 spiro atoms. The number of hydrogen-bond acceptors (Lipinski definition) is 5. The molecule has 3 aromatic carbocycles. The average Bonchev–Trinajstić information content (AvgIpc) is 2.88. The van der Waals surface area contributed by atoms with Crippen LogP contribution in [-0.2, 0) is 4.79 Å². The lowest BCUT2D eigenvalue weighted by Crippen LogP contribution is -2.08. The van der Waals surface area contributed by atoms with Gasteiger partial charge in [0.2, 0.25) is 0 Å². The summed E-state index contributed by atoms with van der Waals surface area (Å²) in [5.74, 6) is 1.30. The molecule has 35 heavy (non-hydrogen) atoms. The molecule has 0 aliphatic rings. The fraction of sp³-hybridized carbons (Fsp3) is 0.310. The van der Waals surface area contributed by atoms with Crippen LogP contribution in [0.4, 0.5) is 0 Å². The number of benzene rings is 3. The summed E-state index contributed by atoms with van der Waals surface area (Å²) >= 11 is 0. The van der Waals surface area contributed by atoms with E-state index < -0.39 is 5.97 Å². The lowest BCUT2D eigenvalue weighted by atomic mass is 10.00. The predicted molar refractivity (Wildman–Crippen MR) is 136 cm³/mol. The summed E-state index contributed by atoms with van der Waals surface area (Å²) in [7, 11) is 3.27. The molecule has 3 rings (SSSR count). The second kappa shape index (κ2) is 12.6. The molecular weight excluding hydrogens is 444 g/mol. The fourth-order valence-electron chi connectivity index (χ4n) is 3.90. The van der Waals surface area contributed by atoms with Crippen molar-refractivity contribution in [1.82, 2.24) is 0 Å². The van der Waals surface area contributed by atoms with Gasteiger partial charge in [0.15, 0.2) is 5.78 Å². The van der Waals surface area contributed by atoms with E-state index in [0.29, 0.717) is 12.0 Å². The van der Waals surface area contributed by atoms with E-state index in [1.54, 1.807) is 26.4 Å². The summed E-state index contributed by atoms with van der Waals surface area (Å²) in [6, 6.07) is 21.1. The molecule has 0 saturated carbocycles. The number of carbonyl (C=O) groups excluding carboxylic acids is 1. The number of aliphatic carboxylic acids is 1. The molecule has 0 bridgehead atoms. The summed E-state index contributed by atoms with van der Waals surface area (Å²) in [6.07, 6.45) is 2.21. The lowest BCUT2D eigenvalue weighted by molar-refractivity contribution is -0.137. The van der Waals surface area contributed by atoms with Gasteiger partial charge in [-0.25, -0.2) is 0 Å². The molecule has 0 aliphatic heterocycles. The summed E-state index contributed by atoms with van der Waals surface area (Å²) in [5, 5.41) is 8.75. The minimum atomic E-state index is -0.885. The normalized spacial score (nSPS) is 11.5. The highest BCUT2D eigenvalue weighted by molar-refractivity contribution is 5.96. The van der Waals surface area contributed by atoms with E-state index in [-0.39, 0.29) is 24.7 Å². The molecule has 3 aromatic rings. The van der Waals surface area contributed by atoms with Crippen molar-refractivity contribution < 1.29 is 28.9 Å². The summed E-state index contributed by atoms with van der Waals surface area (Å²) < 4.78 is 17.1. The minimum absolute atomic E-state index is 0.000272. The Balaban J connectivity index is 1.70. The van der Waals surface area contributed by atoms with Crippen LogP contribution >= 0.6 is 0 Å². The molecule has 0 aromatic heterocycles. The minimum Gasteiger partial charge on any atom is -0.497 e. The van der Waals surface area contributed by atoms with Gasteiger partial charge >= 0.3 is 5.97 Å². The molecule has 0 saturated heterocycles. The first-order valence-electron chi connectivity index (χ1n) is 11.8. The molecule has 6 nitrogen and oxygen atoms in total. The maximum Gasteiger partial charge on any atom is 0.303 e. The zero-order chi connectivity index (χ0) is 25.2. The number of rotatable bonds is 13. The highest BCUT2D eigenvalue weighted by Gasteiger charge is 2.15. The predicted octanol–water partition coefficient (Wildman–Crippen LogP) is 6.73. The van der Waals surface area contributed by atoms with Gasteiger partial charge in [-0.15, -0.1) is 0 Å². The van der Waals surface area contributed by atoms with Crippen LogP contribution in [0.25, 0.3) is 11.1 Å². The van der Waals surface area contributed by atoms with E-state index in [2.05, 4.69) is 6.92 Å². The maximum absolute atomic E-state index is 12.3. The fourth-order valence-corrected chi connectivity index (χ4v) is 3.90. The van der Waals surface area contributed by atoms with Gasteiger partial charge in [0.05, 0.1) is 14.2 Å². The Morgan fingerprint density at radius 3 is 2.14 bits per heavy atom. The van der Waals surface area contributed by atoms with Gasteiger partial charge in [0.1, 0.15) is 23.4 Å². The number of methoxy groups -OCH3 is 2. The number of Topliss-reactive ketones (excluding diaryl/α,β-unsaturated/α-hetero) is 1. The third-order valence-electron chi connectivity index (χ3n) is 5.80. The second-order valence-electron chi connectivity index (χ2n) is 8.28. The third kappa shape index (κ3) is 7.09. The van der Waals surface area contributed by atoms with Crippen LogP contribution in [-0.4, -0.2) is 31.1 Å². The molecular formula is C29H32O6. The first-order valence-corrected chi connectivity index (χ1v) is 11.8. The third-order valence-corrected chi connectivity index (χ3v) is 5.80. The van der Waals surface area contributed by atoms with E-state index in [9.17, 15) is 9.59 Å². The van der Waals surface area contributed by atoms with Gasteiger partial charge in [-0.3, -0.25) is 9.59 Å². The van der Waals surface area contributed by atoms with Crippen molar-refractivity contribution in [3.8, 4) is 28.4 Å². The van der Waals surface area contributed by atoms with E-state index in [0.717, 1.165) is 46.8 Å². The van der Waals surface area contributed by atoms with E-state index in [1.165, 1.54) is 0 Å². The first kappa shape index (κ1) is 25.8. The molecule has 0 radical (unpaired) electrons. The standard InChI is InChI=1S/C29H32O6/c1-4-6-27(22-11-9-21(10-12-22)26(30)7-5-8-29(31)32)35-23-15-13-20(14-16-23)25-18-17-24(33-2)19-28(25)34-3/h9-19,27H,4-8H2,1-3H3,(H,31,32). The first-order chi connectivity index (χ1) is 16.9. The van der Waals surface area contributed by atoms with Gasteiger partial charge in [-0.1, -0.05) is 49.7 Å². The van der Waals surface area contributed by atoms with Gasteiger partial charge in [0.25, 0.3) is 0 Å². The van der Waals surface area contributed by atoms with Crippen molar-refractivity contribution in [3.63, 3.8) is 0 Å². The number of hydrogen-bond donors (Lipinski definition) is 1. The number of carbonyl (C=O) groups is 2. The summed E-state index contributed by atoms with van der Waals surface area (Å²) in [4.78, 5) is 23.0. The van der Waals surface area contributed by atoms with E-state index >= 15 is 0 Å². The molecule has 1 N–H and O–H groups in total. The van der Waals surface area contributed by atoms with Gasteiger partial charge in [-0.2, -0.15) is 0 Å². The topological polar surface area (TPSA) is 82.1 Å². The van der Waals surface area contributed by atoms with Crippen molar-refractivity contribution in [2.45, 2.75) is 45.1 Å². The van der Waals surface area contributed by atoms with Crippen LogP contribution < -0.4 is 14.2 Å². The summed E-state index contributed by atoms with van der Waals surface area (Å²) in [5.41, 5.74) is 3.56. The van der Waals surface area contributed by atoms with Gasteiger partial charge in [0, 0.05) is 30.0 Å². The number of ether oxygens (including phenoxy) is 3. The Bertz CT molecular complexity index is 1120. The van der Waals surface area contributed by atoms with E-state index in [1.807, 2.05) is 54.6 Å². The van der Waals surface area contributed by atoms with Crippen molar-refractivity contribution >= 4 is 11.8 Å². The smallest absolute Gasteiger partial charge is 0.303 e. The van der Waals surface area contributed by atoms with Crippen LogP contribution in [0.2, 0.25) is 0 Å². The molecule has 0 heterocycles. The second-order valence-corrected chi connectivity index (χ2v) is 8.28. The highest BCUT2D eigenvalue weighted by atomic mass is 16.5. The molecule has 6 heteroatoms. The van der Waals surface area contributed by atoms with Crippen LogP contribution in [0.5, 0.6) is 17.2 Å². The molecule has 0 fully saturated rings. The Labute approximate surface area is 206 Å². The number of ketones is 1. The highest BCUT2D eigenvalue weighted by Crippen LogP contribution is 2.35. The molecule has 184 valence electrons. The van der Waals surface area contributed by atoms with Gasteiger partial charge < -0.3 is 19.3 Å². The van der Waals surface area contributed by atoms with Crippen molar-refractivity contribution in [3.05, 3.63) is 77.9 Å². The Hall–Kier alpha value is -3.80. The quantitative estimate of drug-likeness (QED) is 0.276. The molecule has 1 unspecified atom stereocenters. The maximum atomic E-state index is 12.3. The van der Waals surface area contributed by atoms with Gasteiger partial charge in [-0.05, 0) is 48.2 Å². The Morgan fingerprint density at radius 2 is 1.54 bits per heavy atom. The Kier molecular flexibility index (Phi) is 9.30. The molecule has 1 atom stereocenters. The zero-order valence-electron chi connectivity index (χ0n) is 20.5. The summed E-state index contributed by atoms with van der Waals surface area (Å²) in [6.45, 7) is 2.11. The largest absolute Gasteiger partial charge is 0.497 e.